The summed E-state index contributed by atoms with van der Waals surface area (Å²) in [6.45, 7) is 4.34. The molecule has 1 aromatic carbocycles. The van der Waals surface area contributed by atoms with Crippen LogP contribution in [0.3, 0.4) is 0 Å². The smallest absolute Gasteiger partial charge is 0.244 e. The lowest BCUT2D eigenvalue weighted by Gasteiger charge is -2.34. The van der Waals surface area contributed by atoms with Crippen LogP contribution in [0.1, 0.15) is 46.0 Å². The van der Waals surface area contributed by atoms with Crippen molar-refractivity contribution in [3.05, 3.63) is 30.3 Å². The standard InChI is InChI=1S/C24H33N3O4S/c1-3-8-15(2)25-22(30)20-24-12-11-17(32-24)18(19(24)23(31)27(20)13-7-14-28)21(29)26-16-9-5-4-6-10-16/h4-6,9-10,15,17-20,28H,3,7-8,11-14H2,1-2H3,(H,25,30)(H,26,29)/t15?,17-,18+,19-,20?,24?/m0/s1. The molecule has 1 aromatic rings. The van der Waals surface area contributed by atoms with E-state index in [0.29, 0.717) is 18.7 Å². The lowest BCUT2D eigenvalue weighted by molar-refractivity contribution is -0.139. The summed E-state index contributed by atoms with van der Waals surface area (Å²) >= 11 is 1.67. The zero-order chi connectivity index (χ0) is 22.9. The molecule has 6 atom stereocenters. The van der Waals surface area contributed by atoms with E-state index in [9.17, 15) is 19.5 Å². The normalized spacial score (nSPS) is 31.5. The molecule has 174 valence electrons. The van der Waals surface area contributed by atoms with Gasteiger partial charge >= 0.3 is 0 Å². The molecule has 3 fully saturated rings. The van der Waals surface area contributed by atoms with Crippen molar-refractivity contribution in [2.24, 2.45) is 11.8 Å². The van der Waals surface area contributed by atoms with Gasteiger partial charge in [0.25, 0.3) is 0 Å². The minimum atomic E-state index is -0.601. The molecule has 3 heterocycles. The van der Waals surface area contributed by atoms with E-state index in [-0.39, 0.29) is 35.6 Å². The van der Waals surface area contributed by atoms with Crippen molar-refractivity contribution in [3.8, 4) is 0 Å². The van der Waals surface area contributed by atoms with Gasteiger partial charge < -0.3 is 20.6 Å². The maximum Gasteiger partial charge on any atom is 0.244 e. The highest BCUT2D eigenvalue weighted by molar-refractivity contribution is 8.02. The molecule has 4 rings (SSSR count). The number of benzene rings is 1. The second-order valence-corrected chi connectivity index (χ2v) is 10.8. The number of hydrogen-bond donors (Lipinski definition) is 3. The first-order valence-electron chi connectivity index (χ1n) is 11.7. The number of fused-ring (bicyclic) bond motifs is 1. The number of thioether (sulfide) groups is 1. The number of carbonyl (C=O) groups excluding carboxylic acids is 3. The van der Waals surface area contributed by atoms with Gasteiger partial charge in [0.1, 0.15) is 6.04 Å². The van der Waals surface area contributed by atoms with Gasteiger partial charge in [-0.1, -0.05) is 31.5 Å². The Balaban J connectivity index is 1.62. The van der Waals surface area contributed by atoms with Crippen LogP contribution in [0, 0.1) is 11.8 Å². The molecule has 1 spiro atoms. The Labute approximate surface area is 193 Å². The van der Waals surface area contributed by atoms with E-state index in [1.807, 2.05) is 37.3 Å². The summed E-state index contributed by atoms with van der Waals surface area (Å²) in [5.74, 6) is -1.35. The summed E-state index contributed by atoms with van der Waals surface area (Å²) in [5.41, 5.74) is 0.713. The predicted octanol–water partition coefficient (Wildman–Crippen LogP) is 2.40. The minimum Gasteiger partial charge on any atom is -0.396 e. The second-order valence-electron chi connectivity index (χ2n) is 9.22. The quantitative estimate of drug-likeness (QED) is 0.527. The monoisotopic (exact) mass is 459 g/mol. The Morgan fingerprint density at radius 1 is 1.28 bits per heavy atom. The van der Waals surface area contributed by atoms with Gasteiger partial charge in [0.2, 0.25) is 17.7 Å². The van der Waals surface area contributed by atoms with E-state index in [4.69, 9.17) is 0 Å². The fourth-order valence-electron chi connectivity index (χ4n) is 5.81. The van der Waals surface area contributed by atoms with Crippen LogP contribution in [0.5, 0.6) is 0 Å². The Bertz CT molecular complexity index is 866. The van der Waals surface area contributed by atoms with Crippen LogP contribution in [0.2, 0.25) is 0 Å². The third kappa shape index (κ3) is 3.92. The van der Waals surface area contributed by atoms with Gasteiger partial charge in [-0.2, -0.15) is 0 Å². The average Bonchev–Trinajstić information content (AvgIpc) is 3.40. The Kier molecular flexibility index (Phi) is 6.81. The van der Waals surface area contributed by atoms with Crippen molar-refractivity contribution in [1.82, 2.24) is 10.2 Å². The van der Waals surface area contributed by atoms with Crippen molar-refractivity contribution in [3.63, 3.8) is 0 Å². The SMILES string of the molecule is CCCC(C)NC(=O)C1N(CCCO)C(=O)[C@@H]2[C@H](C(=O)Nc3ccccc3)[C@@H]3CCC12S3. The number of nitrogens with zero attached hydrogens (tertiary/aromatic N) is 1. The first-order chi connectivity index (χ1) is 15.4. The van der Waals surface area contributed by atoms with Crippen LogP contribution in [0.15, 0.2) is 30.3 Å². The minimum absolute atomic E-state index is 0.0264. The van der Waals surface area contributed by atoms with E-state index in [1.54, 1.807) is 16.7 Å². The van der Waals surface area contributed by atoms with Gasteiger partial charge in [0, 0.05) is 30.1 Å². The van der Waals surface area contributed by atoms with Crippen molar-refractivity contribution >= 4 is 35.2 Å². The largest absolute Gasteiger partial charge is 0.396 e. The van der Waals surface area contributed by atoms with Crippen LogP contribution in [-0.4, -0.2) is 63.0 Å². The van der Waals surface area contributed by atoms with Crippen LogP contribution >= 0.6 is 11.8 Å². The first-order valence-corrected chi connectivity index (χ1v) is 12.6. The van der Waals surface area contributed by atoms with Crippen molar-refractivity contribution in [2.45, 2.75) is 68.0 Å². The number of anilines is 1. The Morgan fingerprint density at radius 3 is 2.72 bits per heavy atom. The molecule has 0 radical (unpaired) electrons. The number of aliphatic hydroxyl groups excluding tert-OH is 1. The molecule has 3 aliphatic rings. The van der Waals surface area contributed by atoms with Crippen LogP contribution in [-0.2, 0) is 14.4 Å². The molecule has 3 unspecified atom stereocenters. The molecule has 3 saturated heterocycles. The lowest BCUT2D eigenvalue weighted by atomic mass is 9.70. The second kappa shape index (κ2) is 9.43. The number of carbonyl (C=O) groups is 3. The van der Waals surface area contributed by atoms with Gasteiger partial charge in [0.15, 0.2) is 0 Å². The lowest BCUT2D eigenvalue weighted by Crippen LogP contribution is -2.55. The molecule has 0 saturated carbocycles. The number of amides is 3. The summed E-state index contributed by atoms with van der Waals surface area (Å²) in [4.78, 5) is 42.1. The van der Waals surface area contributed by atoms with Crippen molar-refractivity contribution < 1.29 is 19.5 Å². The van der Waals surface area contributed by atoms with Gasteiger partial charge in [-0.05, 0) is 44.7 Å². The highest BCUT2D eigenvalue weighted by atomic mass is 32.2. The molecule has 3 N–H and O–H groups in total. The summed E-state index contributed by atoms with van der Waals surface area (Å²) < 4.78 is -0.577. The first kappa shape index (κ1) is 23.1. The summed E-state index contributed by atoms with van der Waals surface area (Å²) in [6, 6.07) is 8.71. The number of para-hydroxylation sites is 1. The van der Waals surface area contributed by atoms with Crippen LogP contribution < -0.4 is 10.6 Å². The Morgan fingerprint density at radius 2 is 2.03 bits per heavy atom. The summed E-state index contributed by atoms with van der Waals surface area (Å²) in [7, 11) is 0. The van der Waals surface area contributed by atoms with E-state index in [1.165, 1.54) is 0 Å². The molecule has 2 bridgehead atoms. The third-order valence-electron chi connectivity index (χ3n) is 7.06. The summed E-state index contributed by atoms with van der Waals surface area (Å²) in [6.07, 6.45) is 3.83. The number of nitrogens with one attached hydrogen (secondary N) is 2. The van der Waals surface area contributed by atoms with Gasteiger partial charge in [-0.25, -0.2) is 0 Å². The fraction of sp³-hybridized carbons (Fsp3) is 0.625. The molecule has 7 nitrogen and oxygen atoms in total. The fourth-order valence-corrected chi connectivity index (χ4v) is 8.03. The molecule has 3 aliphatic heterocycles. The van der Waals surface area contributed by atoms with Crippen molar-refractivity contribution in [1.29, 1.82) is 0 Å². The highest BCUT2D eigenvalue weighted by Crippen LogP contribution is 2.66. The molecule has 0 aliphatic carbocycles. The van der Waals surface area contributed by atoms with Crippen LogP contribution in [0.4, 0.5) is 5.69 Å². The maximum atomic E-state index is 13.6. The highest BCUT2D eigenvalue weighted by Gasteiger charge is 2.73. The number of rotatable bonds is 9. The van der Waals surface area contributed by atoms with E-state index >= 15 is 0 Å². The zero-order valence-electron chi connectivity index (χ0n) is 18.8. The third-order valence-corrected chi connectivity index (χ3v) is 9.01. The average molecular weight is 460 g/mol. The molecular formula is C24H33N3O4S. The van der Waals surface area contributed by atoms with E-state index in [2.05, 4.69) is 17.6 Å². The molecule has 8 heteroatoms. The van der Waals surface area contributed by atoms with Crippen molar-refractivity contribution in [2.75, 3.05) is 18.5 Å². The summed E-state index contributed by atoms with van der Waals surface area (Å²) in [5, 5.41) is 15.5. The van der Waals surface area contributed by atoms with Gasteiger partial charge in [0.05, 0.1) is 16.6 Å². The zero-order valence-corrected chi connectivity index (χ0v) is 19.6. The Hall–Kier alpha value is -2.06. The van der Waals surface area contributed by atoms with Gasteiger partial charge in [-0.15, -0.1) is 11.8 Å². The predicted molar refractivity (Wildman–Crippen MR) is 125 cm³/mol. The van der Waals surface area contributed by atoms with E-state index < -0.39 is 22.6 Å². The molecule has 3 amide bonds. The topological polar surface area (TPSA) is 98.7 Å². The number of aliphatic hydroxyl groups is 1. The maximum absolute atomic E-state index is 13.6. The number of likely N-dealkylation sites (tertiary alicyclic amines) is 1. The molecule has 32 heavy (non-hydrogen) atoms. The molecule has 0 aromatic heterocycles. The van der Waals surface area contributed by atoms with E-state index in [0.717, 1.165) is 25.7 Å². The molecular weight excluding hydrogens is 426 g/mol. The van der Waals surface area contributed by atoms with Crippen LogP contribution in [0.25, 0.3) is 0 Å². The van der Waals surface area contributed by atoms with Gasteiger partial charge in [-0.3, -0.25) is 14.4 Å². The number of hydrogen-bond acceptors (Lipinski definition) is 5.